The first-order valence-corrected chi connectivity index (χ1v) is 8.62. The summed E-state index contributed by atoms with van der Waals surface area (Å²) >= 11 is 1.40. The van der Waals surface area contributed by atoms with Gasteiger partial charge < -0.3 is 10.1 Å². The Morgan fingerprint density at radius 3 is 2.65 bits per heavy atom. The number of esters is 1. The molecule has 0 aliphatic heterocycles. The van der Waals surface area contributed by atoms with E-state index in [0.717, 1.165) is 35.2 Å². The van der Waals surface area contributed by atoms with Crippen molar-refractivity contribution in [1.82, 2.24) is 15.1 Å². The van der Waals surface area contributed by atoms with E-state index in [0.29, 0.717) is 17.7 Å². The van der Waals surface area contributed by atoms with Gasteiger partial charge in [-0.1, -0.05) is 19.3 Å². The first-order chi connectivity index (χ1) is 11.0. The van der Waals surface area contributed by atoms with Crippen molar-refractivity contribution in [1.29, 1.82) is 0 Å². The van der Waals surface area contributed by atoms with Crippen LogP contribution in [0.1, 0.15) is 47.5 Å². The third-order valence-corrected chi connectivity index (χ3v) is 5.76. The van der Waals surface area contributed by atoms with Gasteiger partial charge in [-0.2, -0.15) is 5.10 Å². The second kappa shape index (κ2) is 5.96. The second-order valence-electron chi connectivity index (χ2n) is 6.13. The predicted octanol–water partition coefficient (Wildman–Crippen LogP) is 2.55. The topological polar surface area (TPSA) is 73.2 Å². The zero-order chi connectivity index (χ0) is 16.6. The van der Waals surface area contributed by atoms with Crippen molar-refractivity contribution in [2.75, 3.05) is 7.11 Å². The molecule has 2 heterocycles. The minimum atomic E-state index is -0.881. The molecule has 1 aliphatic carbocycles. The maximum absolute atomic E-state index is 12.7. The molecule has 0 spiro atoms. The summed E-state index contributed by atoms with van der Waals surface area (Å²) in [5.41, 5.74) is 0.0197. The number of carbonyl (C=O) groups is 2. The van der Waals surface area contributed by atoms with Gasteiger partial charge in [0.2, 0.25) is 0 Å². The molecular weight excluding hydrogens is 314 g/mol. The molecular formula is C16H21N3O3S. The van der Waals surface area contributed by atoms with E-state index in [4.69, 9.17) is 4.74 Å². The number of ether oxygens (including phenoxy) is 1. The molecule has 1 aliphatic rings. The van der Waals surface area contributed by atoms with E-state index >= 15 is 0 Å². The van der Waals surface area contributed by atoms with Crippen molar-refractivity contribution in [3.05, 3.63) is 16.6 Å². The van der Waals surface area contributed by atoms with Gasteiger partial charge in [0.15, 0.2) is 0 Å². The van der Waals surface area contributed by atoms with E-state index in [1.165, 1.54) is 18.4 Å². The number of carbonyl (C=O) groups excluding carboxylic acids is 2. The fourth-order valence-electron chi connectivity index (χ4n) is 3.33. The lowest BCUT2D eigenvalue weighted by Crippen LogP contribution is -2.56. The number of hydrogen-bond acceptors (Lipinski definition) is 5. The van der Waals surface area contributed by atoms with Gasteiger partial charge in [0, 0.05) is 12.4 Å². The molecule has 2 aromatic rings. The molecule has 0 radical (unpaired) electrons. The van der Waals surface area contributed by atoms with Crippen LogP contribution in [0.4, 0.5) is 0 Å². The van der Waals surface area contributed by atoms with Gasteiger partial charge in [-0.05, 0) is 25.8 Å². The summed E-state index contributed by atoms with van der Waals surface area (Å²) in [4.78, 5) is 26.5. The van der Waals surface area contributed by atoms with Gasteiger partial charge >= 0.3 is 5.97 Å². The molecule has 1 fully saturated rings. The van der Waals surface area contributed by atoms with Crippen molar-refractivity contribution < 1.29 is 14.3 Å². The molecule has 23 heavy (non-hydrogen) atoms. The Balaban J connectivity index is 1.88. The summed E-state index contributed by atoms with van der Waals surface area (Å²) in [7, 11) is 3.24. The molecule has 0 bridgehead atoms. The van der Waals surface area contributed by atoms with Crippen LogP contribution in [0.25, 0.3) is 10.2 Å². The average molecular weight is 335 g/mol. The number of rotatable bonds is 3. The first-order valence-electron chi connectivity index (χ1n) is 7.81. The highest BCUT2D eigenvalue weighted by Gasteiger charge is 2.42. The van der Waals surface area contributed by atoms with E-state index in [1.807, 2.05) is 20.0 Å². The van der Waals surface area contributed by atoms with Crippen molar-refractivity contribution in [2.45, 2.75) is 44.6 Å². The van der Waals surface area contributed by atoms with Gasteiger partial charge in [0.05, 0.1) is 17.7 Å². The highest BCUT2D eigenvalue weighted by molar-refractivity contribution is 7.20. The Hall–Kier alpha value is -1.89. The summed E-state index contributed by atoms with van der Waals surface area (Å²) < 4.78 is 6.73. The summed E-state index contributed by atoms with van der Waals surface area (Å²) in [5.74, 6) is -0.553. The monoisotopic (exact) mass is 335 g/mol. The Labute approximate surface area is 138 Å². The second-order valence-corrected chi connectivity index (χ2v) is 7.16. The maximum Gasteiger partial charge on any atom is 0.331 e. The Kier molecular flexibility index (Phi) is 4.14. The molecule has 3 rings (SSSR count). The summed E-state index contributed by atoms with van der Waals surface area (Å²) in [5, 5.41) is 8.28. The van der Waals surface area contributed by atoms with Gasteiger partial charge in [-0.3, -0.25) is 9.48 Å². The third kappa shape index (κ3) is 2.73. The minimum Gasteiger partial charge on any atom is -0.467 e. The van der Waals surface area contributed by atoms with Crippen molar-refractivity contribution >= 4 is 33.4 Å². The maximum atomic E-state index is 12.7. The summed E-state index contributed by atoms with van der Waals surface area (Å²) in [6.45, 7) is 1.92. The predicted molar refractivity (Wildman–Crippen MR) is 88.6 cm³/mol. The van der Waals surface area contributed by atoms with E-state index in [9.17, 15) is 9.59 Å². The fourth-order valence-corrected chi connectivity index (χ4v) is 4.35. The van der Waals surface area contributed by atoms with E-state index < -0.39 is 5.54 Å². The number of aromatic nitrogens is 2. The first kappa shape index (κ1) is 16.0. The quantitative estimate of drug-likeness (QED) is 0.875. The number of amides is 1. The molecule has 0 aromatic carbocycles. The lowest BCUT2D eigenvalue weighted by molar-refractivity contribution is -0.149. The van der Waals surface area contributed by atoms with Crippen LogP contribution in [-0.4, -0.2) is 34.3 Å². The molecule has 1 saturated carbocycles. The molecule has 1 N–H and O–H groups in total. The number of thiophene rings is 1. The Bertz CT molecular complexity index is 722. The van der Waals surface area contributed by atoms with Crippen LogP contribution in [0, 0.1) is 6.92 Å². The zero-order valence-corrected chi connectivity index (χ0v) is 14.5. The summed E-state index contributed by atoms with van der Waals surface area (Å²) in [6.07, 6.45) is 4.20. The van der Waals surface area contributed by atoms with Crippen LogP contribution >= 0.6 is 11.3 Å². The SMILES string of the molecule is COC(=O)C1(NC(=O)c2cc3c(C)nn(C)c3s2)CCCCC1. The number of fused-ring (bicyclic) bond motifs is 1. The standard InChI is InChI=1S/C16H21N3O3S/c1-10-11-9-12(23-14(11)19(2)18-10)13(20)17-16(15(21)22-3)7-5-4-6-8-16/h9H,4-8H2,1-3H3,(H,17,20). The van der Waals surface area contributed by atoms with Crippen LogP contribution in [-0.2, 0) is 16.6 Å². The van der Waals surface area contributed by atoms with Gasteiger partial charge in [0.1, 0.15) is 10.4 Å². The van der Waals surface area contributed by atoms with Gasteiger partial charge in [-0.25, -0.2) is 4.79 Å². The smallest absolute Gasteiger partial charge is 0.331 e. The molecule has 1 amide bonds. The van der Waals surface area contributed by atoms with Crippen LogP contribution in [0.5, 0.6) is 0 Å². The Morgan fingerprint density at radius 1 is 1.35 bits per heavy atom. The lowest BCUT2D eigenvalue weighted by atomic mass is 9.81. The summed E-state index contributed by atoms with van der Waals surface area (Å²) in [6, 6.07) is 1.85. The van der Waals surface area contributed by atoms with E-state index in [1.54, 1.807) is 4.68 Å². The molecule has 0 unspecified atom stereocenters. The zero-order valence-electron chi connectivity index (χ0n) is 13.6. The average Bonchev–Trinajstić information content (AvgIpc) is 3.09. The molecule has 0 atom stereocenters. The van der Waals surface area contributed by atoms with Gasteiger partial charge in [0.25, 0.3) is 5.91 Å². The van der Waals surface area contributed by atoms with E-state index in [2.05, 4.69) is 10.4 Å². The van der Waals surface area contributed by atoms with E-state index in [-0.39, 0.29) is 11.9 Å². The van der Waals surface area contributed by atoms with Crippen molar-refractivity contribution in [3.63, 3.8) is 0 Å². The molecule has 7 heteroatoms. The highest BCUT2D eigenvalue weighted by Crippen LogP contribution is 2.32. The number of methoxy groups -OCH3 is 1. The van der Waals surface area contributed by atoms with Gasteiger partial charge in [-0.15, -0.1) is 11.3 Å². The van der Waals surface area contributed by atoms with Crippen LogP contribution in [0.2, 0.25) is 0 Å². The fraction of sp³-hybridized carbons (Fsp3) is 0.562. The number of nitrogens with one attached hydrogen (secondary N) is 1. The van der Waals surface area contributed by atoms with Crippen LogP contribution in [0.15, 0.2) is 6.07 Å². The molecule has 124 valence electrons. The number of nitrogens with zero attached hydrogens (tertiary/aromatic N) is 2. The normalized spacial score (nSPS) is 17.2. The highest BCUT2D eigenvalue weighted by atomic mass is 32.1. The van der Waals surface area contributed by atoms with Crippen LogP contribution < -0.4 is 5.32 Å². The van der Waals surface area contributed by atoms with Crippen molar-refractivity contribution in [2.24, 2.45) is 7.05 Å². The third-order valence-electron chi connectivity index (χ3n) is 4.56. The molecule has 0 saturated heterocycles. The molecule has 6 nitrogen and oxygen atoms in total. The number of aryl methyl sites for hydroxylation is 2. The number of hydrogen-bond donors (Lipinski definition) is 1. The van der Waals surface area contributed by atoms with Crippen LogP contribution in [0.3, 0.4) is 0 Å². The minimum absolute atomic E-state index is 0.210. The largest absolute Gasteiger partial charge is 0.467 e. The lowest BCUT2D eigenvalue weighted by Gasteiger charge is -2.35. The van der Waals surface area contributed by atoms with Crippen molar-refractivity contribution in [3.8, 4) is 0 Å². The molecule has 2 aromatic heterocycles. The Morgan fingerprint density at radius 2 is 2.04 bits per heavy atom.